The van der Waals surface area contributed by atoms with Crippen LogP contribution in [0.1, 0.15) is 37.4 Å². The van der Waals surface area contributed by atoms with Crippen molar-refractivity contribution in [1.29, 1.82) is 0 Å². The molecule has 2 aromatic rings. The Labute approximate surface area is 167 Å². The molecular formula is C22H27NO4S. The number of ether oxygens (including phenoxy) is 2. The molecule has 1 heterocycles. The molecule has 0 spiro atoms. The fourth-order valence-electron chi connectivity index (χ4n) is 3.65. The van der Waals surface area contributed by atoms with Crippen molar-refractivity contribution < 1.29 is 17.9 Å². The number of hydrogen-bond donors (Lipinski definition) is 0. The van der Waals surface area contributed by atoms with E-state index in [4.69, 9.17) is 9.47 Å². The number of nitrogens with zero attached hydrogens (tertiary/aromatic N) is 1. The van der Waals surface area contributed by atoms with Gasteiger partial charge in [0, 0.05) is 18.8 Å². The zero-order valence-electron chi connectivity index (χ0n) is 16.6. The van der Waals surface area contributed by atoms with Crippen LogP contribution in [0.3, 0.4) is 0 Å². The van der Waals surface area contributed by atoms with Crippen LogP contribution in [0.15, 0.2) is 71.6 Å². The third kappa shape index (κ3) is 3.53. The van der Waals surface area contributed by atoms with Gasteiger partial charge in [-0.1, -0.05) is 54.6 Å². The van der Waals surface area contributed by atoms with E-state index in [1.807, 2.05) is 51.1 Å². The Balaban J connectivity index is 2.20. The monoisotopic (exact) mass is 401 g/mol. The van der Waals surface area contributed by atoms with E-state index in [1.54, 1.807) is 24.3 Å². The van der Waals surface area contributed by atoms with Gasteiger partial charge in [-0.2, -0.15) is 0 Å². The van der Waals surface area contributed by atoms with Crippen LogP contribution in [0.4, 0.5) is 0 Å². The highest BCUT2D eigenvalue weighted by molar-refractivity contribution is 7.89. The van der Waals surface area contributed by atoms with Crippen molar-refractivity contribution in [3.8, 4) is 0 Å². The summed E-state index contributed by atoms with van der Waals surface area (Å²) in [5.41, 5.74) is 2.46. The van der Waals surface area contributed by atoms with Crippen LogP contribution in [0.25, 0.3) is 0 Å². The maximum atomic E-state index is 13.8. The molecule has 0 amide bonds. The average molecular weight is 402 g/mol. The van der Waals surface area contributed by atoms with Crippen molar-refractivity contribution in [2.45, 2.75) is 44.0 Å². The van der Waals surface area contributed by atoms with Gasteiger partial charge in [-0.05, 0) is 44.9 Å². The molecule has 2 aromatic carbocycles. The highest BCUT2D eigenvalue weighted by atomic mass is 32.2. The molecule has 0 aliphatic carbocycles. The first-order chi connectivity index (χ1) is 13.4. The summed E-state index contributed by atoms with van der Waals surface area (Å²) < 4.78 is 40.8. The van der Waals surface area contributed by atoms with Crippen LogP contribution in [0.2, 0.25) is 0 Å². The predicted molar refractivity (Wildman–Crippen MR) is 109 cm³/mol. The Kier molecular flexibility index (Phi) is 6.05. The lowest BCUT2D eigenvalue weighted by Gasteiger charge is -2.39. The smallest absolute Gasteiger partial charge is 0.267 e. The normalized spacial score (nSPS) is 19.8. The molecule has 0 saturated carbocycles. The van der Waals surface area contributed by atoms with E-state index in [0.29, 0.717) is 25.2 Å². The fourth-order valence-corrected chi connectivity index (χ4v) is 5.44. The van der Waals surface area contributed by atoms with Gasteiger partial charge in [-0.15, -0.1) is 4.31 Å². The molecule has 0 aromatic heterocycles. The Morgan fingerprint density at radius 3 is 2.14 bits per heavy atom. The molecule has 28 heavy (non-hydrogen) atoms. The second-order valence-corrected chi connectivity index (χ2v) is 8.61. The Morgan fingerprint density at radius 2 is 1.61 bits per heavy atom. The van der Waals surface area contributed by atoms with Gasteiger partial charge in [0.25, 0.3) is 5.91 Å². The molecule has 5 nitrogen and oxygen atoms in total. The molecule has 1 unspecified atom stereocenters. The largest absolute Gasteiger partial charge is 0.333 e. The molecule has 1 atom stereocenters. The molecule has 0 N–H and O–H groups in total. The first kappa shape index (κ1) is 20.7. The summed E-state index contributed by atoms with van der Waals surface area (Å²) in [6, 6.07) is 15.9. The first-order valence-corrected chi connectivity index (χ1v) is 10.9. The minimum absolute atomic E-state index is 0.206. The maximum absolute atomic E-state index is 13.8. The van der Waals surface area contributed by atoms with Gasteiger partial charge < -0.3 is 9.47 Å². The van der Waals surface area contributed by atoms with Gasteiger partial charge >= 0.3 is 0 Å². The predicted octanol–water partition coefficient (Wildman–Crippen LogP) is 4.41. The van der Waals surface area contributed by atoms with Gasteiger partial charge in [0.15, 0.2) is 0 Å². The van der Waals surface area contributed by atoms with Crippen LogP contribution in [-0.4, -0.2) is 31.8 Å². The molecular weight excluding hydrogens is 374 g/mol. The molecule has 1 aliphatic heterocycles. The summed E-state index contributed by atoms with van der Waals surface area (Å²) in [6.45, 7) is 10.3. The summed E-state index contributed by atoms with van der Waals surface area (Å²) >= 11 is 0. The zero-order valence-corrected chi connectivity index (χ0v) is 17.4. The van der Waals surface area contributed by atoms with E-state index in [9.17, 15) is 8.42 Å². The first-order valence-electron chi connectivity index (χ1n) is 9.49. The minimum atomic E-state index is -3.92. The third-order valence-electron chi connectivity index (χ3n) is 4.90. The molecule has 3 rings (SSSR count). The maximum Gasteiger partial charge on any atom is 0.267 e. The number of benzene rings is 2. The van der Waals surface area contributed by atoms with Crippen molar-refractivity contribution in [3.05, 3.63) is 77.9 Å². The van der Waals surface area contributed by atoms with E-state index >= 15 is 0 Å². The molecule has 1 aliphatic rings. The van der Waals surface area contributed by atoms with Crippen LogP contribution in [0.5, 0.6) is 0 Å². The molecule has 0 radical (unpaired) electrons. The lowest BCUT2D eigenvalue weighted by Crippen LogP contribution is -2.52. The van der Waals surface area contributed by atoms with Crippen LogP contribution >= 0.6 is 0 Å². The average Bonchev–Trinajstić information content (AvgIpc) is 2.96. The topological polar surface area (TPSA) is 55.8 Å². The quantitative estimate of drug-likeness (QED) is 0.509. The minimum Gasteiger partial charge on any atom is -0.333 e. The molecule has 150 valence electrons. The van der Waals surface area contributed by atoms with Crippen LogP contribution in [0, 0.1) is 6.92 Å². The Hall–Kier alpha value is -1.99. The molecule has 0 bridgehead atoms. The van der Waals surface area contributed by atoms with Crippen molar-refractivity contribution in [1.82, 2.24) is 4.31 Å². The molecule has 6 heteroatoms. The summed E-state index contributed by atoms with van der Waals surface area (Å²) in [5.74, 6) is -1.52. The van der Waals surface area contributed by atoms with Gasteiger partial charge in [0.1, 0.15) is 0 Å². The van der Waals surface area contributed by atoms with Gasteiger partial charge in [0.2, 0.25) is 10.0 Å². The highest BCUT2D eigenvalue weighted by Gasteiger charge is 2.57. The highest BCUT2D eigenvalue weighted by Crippen LogP contribution is 2.50. The van der Waals surface area contributed by atoms with E-state index in [1.165, 1.54) is 4.31 Å². The second-order valence-electron chi connectivity index (χ2n) is 6.80. The summed E-state index contributed by atoms with van der Waals surface area (Å²) in [7, 11) is -3.92. The lowest BCUT2D eigenvalue weighted by atomic mass is 10.0. The van der Waals surface area contributed by atoms with E-state index in [2.05, 4.69) is 6.58 Å². The second kappa shape index (κ2) is 8.17. The summed E-state index contributed by atoms with van der Waals surface area (Å²) in [5, 5.41) is 0. The standard InChI is InChI=1S/C22H27NO4S/c1-5-26-22(27-6-2)18(4)16-21(19-10-8-7-9-11-19)23(22)28(24,25)20-14-12-17(3)13-15-20/h7-15,21H,4-6,16H2,1-3H3. The van der Waals surface area contributed by atoms with E-state index in [0.717, 1.165) is 11.1 Å². The molecule has 1 saturated heterocycles. The van der Waals surface area contributed by atoms with Crippen molar-refractivity contribution in [3.63, 3.8) is 0 Å². The Bertz CT molecular complexity index is 917. The number of hydrogen-bond acceptors (Lipinski definition) is 4. The van der Waals surface area contributed by atoms with Crippen molar-refractivity contribution in [2.75, 3.05) is 13.2 Å². The Morgan fingerprint density at radius 1 is 1.04 bits per heavy atom. The lowest BCUT2D eigenvalue weighted by molar-refractivity contribution is -0.258. The van der Waals surface area contributed by atoms with Gasteiger partial charge in [-0.3, -0.25) is 0 Å². The summed E-state index contributed by atoms with van der Waals surface area (Å²) in [6.07, 6.45) is 0.426. The zero-order chi connectivity index (χ0) is 20.4. The van der Waals surface area contributed by atoms with Gasteiger partial charge in [-0.25, -0.2) is 8.42 Å². The van der Waals surface area contributed by atoms with E-state index in [-0.39, 0.29) is 4.90 Å². The van der Waals surface area contributed by atoms with Crippen molar-refractivity contribution in [2.24, 2.45) is 0 Å². The SMILES string of the molecule is C=C1CC(c2ccccc2)N(S(=O)(=O)c2ccc(C)cc2)C1(OCC)OCC. The van der Waals surface area contributed by atoms with Crippen LogP contribution in [-0.2, 0) is 19.5 Å². The molecule has 1 fully saturated rings. The third-order valence-corrected chi connectivity index (χ3v) is 6.78. The number of aryl methyl sites for hydroxylation is 1. The fraction of sp³-hybridized carbons (Fsp3) is 0.364. The summed E-state index contributed by atoms with van der Waals surface area (Å²) in [4.78, 5) is 0.206. The van der Waals surface area contributed by atoms with E-state index < -0.39 is 22.0 Å². The van der Waals surface area contributed by atoms with Crippen LogP contribution < -0.4 is 0 Å². The van der Waals surface area contributed by atoms with Crippen molar-refractivity contribution >= 4 is 10.0 Å². The number of sulfonamides is 1. The number of rotatable bonds is 7. The van der Waals surface area contributed by atoms with Gasteiger partial charge in [0.05, 0.1) is 10.9 Å².